The maximum Gasteiger partial charge on any atom is 0.243 e. The van der Waals surface area contributed by atoms with Crippen LogP contribution in [0.25, 0.3) is 11.4 Å². The van der Waals surface area contributed by atoms with Crippen LogP contribution in [0.1, 0.15) is 0 Å². The normalized spacial score (nSPS) is 10.1. The predicted octanol–water partition coefficient (Wildman–Crippen LogP) is 2.14. The largest absolute Gasteiger partial charge is 0.618 e. The van der Waals surface area contributed by atoms with E-state index in [1.165, 1.54) is 6.20 Å². The van der Waals surface area contributed by atoms with E-state index in [-0.39, 0.29) is 0 Å². The van der Waals surface area contributed by atoms with Gasteiger partial charge in [0.1, 0.15) is 5.69 Å². The molecule has 0 spiro atoms. The summed E-state index contributed by atoms with van der Waals surface area (Å²) in [5.74, 6) is 0. The summed E-state index contributed by atoms with van der Waals surface area (Å²) in [6, 6.07) is 8.91. The minimum atomic E-state index is 0.542. The van der Waals surface area contributed by atoms with Crippen LogP contribution in [0.4, 0.5) is 0 Å². The molecule has 0 aromatic carbocycles. The van der Waals surface area contributed by atoms with Crippen LogP contribution < -0.4 is 4.73 Å². The first-order valence-electron chi connectivity index (χ1n) is 4.07. The molecule has 70 valence electrons. The molecule has 0 saturated heterocycles. The van der Waals surface area contributed by atoms with Gasteiger partial charge in [0.25, 0.3) is 0 Å². The number of aromatic nitrogens is 2. The molecule has 4 heteroatoms. The first-order valence-corrected chi connectivity index (χ1v) is 4.87. The van der Waals surface area contributed by atoms with Crippen LogP contribution >= 0.6 is 15.9 Å². The molecule has 14 heavy (non-hydrogen) atoms. The Labute approximate surface area is 89.8 Å². The lowest BCUT2D eigenvalue weighted by Gasteiger charge is -2.03. The van der Waals surface area contributed by atoms with Crippen LogP contribution in [0.15, 0.2) is 47.2 Å². The number of hydrogen-bond acceptors (Lipinski definition) is 2. The lowest BCUT2D eigenvalue weighted by atomic mass is 10.2. The summed E-state index contributed by atoms with van der Waals surface area (Å²) in [5, 5.41) is 11.4. The Morgan fingerprint density at radius 1 is 1.29 bits per heavy atom. The van der Waals surface area contributed by atoms with Gasteiger partial charge in [-0.2, -0.15) is 4.73 Å². The fraction of sp³-hybridized carbons (Fsp3) is 0. The summed E-state index contributed by atoms with van der Waals surface area (Å²) >= 11 is 3.31. The van der Waals surface area contributed by atoms with Gasteiger partial charge >= 0.3 is 0 Å². The quantitative estimate of drug-likeness (QED) is 0.575. The van der Waals surface area contributed by atoms with Crippen LogP contribution in [0.3, 0.4) is 0 Å². The topological polar surface area (TPSA) is 39.8 Å². The van der Waals surface area contributed by atoms with Crippen LogP contribution in [-0.2, 0) is 0 Å². The van der Waals surface area contributed by atoms with E-state index in [9.17, 15) is 5.21 Å². The Bertz CT molecular complexity index is 445. The molecule has 0 unspecified atom stereocenters. The molecule has 0 N–H and O–H groups in total. The van der Waals surface area contributed by atoms with E-state index < -0.39 is 0 Å². The van der Waals surface area contributed by atoms with E-state index in [1.54, 1.807) is 24.4 Å². The maximum absolute atomic E-state index is 11.4. The molecule has 0 radical (unpaired) electrons. The van der Waals surface area contributed by atoms with Crippen LogP contribution in [-0.4, -0.2) is 4.98 Å². The molecule has 0 fully saturated rings. The molecule has 2 heterocycles. The minimum absolute atomic E-state index is 0.542. The van der Waals surface area contributed by atoms with Crippen molar-refractivity contribution in [3.8, 4) is 11.4 Å². The molecule has 0 aliphatic rings. The van der Waals surface area contributed by atoms with E-state index in [0.717, 1.165) is 9.20 Å². The van der Waals surface area contributed by atoms with Gasteiger partial charge in [0, 0.05) is 22.8 Å². The molecular weight excluding hydrogens is 244 g/mol. The van der Waals surface area contributed by atoms with Crippen molar-refractivity contribution in [1.82, 2.24) is 4.98 Å². The van der Waals surface area contributed by atoms with Gasteiger partial charge in [-0.05, 0) is 12.1 Å². The number of pyridine rings is 2. The number of rotatable bonds is 1. The molecule has 0 saturated carbocycles. The Morgan fingerprint density at radius 2 is 2.14 bits per heavy atom. The number of hydrogen-bond donors (Lipinski definition) is 0. The smallest absolute Gasteiger partial charge is 0.243 e. The second kappa shape index (κ2) is 3.75. The van der Waals surface area contributed by atoms with Crippen molar-refractivity contribution in [3.05, 3.63) is 52.4 Å². The average molecular weight is 251 g/mol. The van der Waals surface area contributed by atoms with Crippen LogP contribution in [0.2, 0.25) is 0 Å². The van der Waals surface area contributed by atoms with Gasteiger partial charge in [-0.1, -0.05) is 22.0 Å². The maximum atomic E-state index is 11.4. The summed E-state index contributed by atoms with van der Waals surface area (Å²) in [7, 11) is 0. The van der Waals surface area contributed by atoms with Gasteiger partial charge in [-0.25, -0.2) is 4.98 Å². The second-order valence-electron chi connectivity index (χ2n) is 2.77. The third-order valence-electron chi connectivity index (χ3n) is 1.81. The molecule has 2 rings (SSSR count). The average Bonchev–Trinajstić information content (AvgIpc) is 2.23. The lowest BCUT2D eigenvalue weighted by Crippen LogP contribution is -2.28. The first-order chi connectivity index (χ1) is 6.77. The predicted molar refractivity (Wildman–Crippen MR) is 56.3 cm³/mol. The Morgan fingerprint density at radius 3 is 2.86 bits per heavy atom. The van der Waals surface area contributed by atoms with E-state index in [1.807, 2.05) is 12.1 Å². The fourth-order valence-corrected chi connectivity index (χ4v) is 1.50. The highest BCUT2D eigenvalue weighted by Gasteiger charge is 2.09. The second-order valence-corrected chi connectivity index (χ2v) is 3.69. The summed E-state index contributed by atoms with van der Waals surface area (Å²) in [6.07, 6.45) is 3.12. The highest BCUT2D eigenvalue weighted by Crippen LogP contribution is 2.16. The summed E-state index contributed by atoms with van der Waals surface area (Å²) in [6.45, 7) is 0. The summed E-state index contributed by atoms with van der Waals surface area (Å²) in [5.41, 5.74) is 1.21. The van der Waals surface area contributed by atoms with Gasteiger partial charge in [-0.15, -0.1) is 0 Å². The Hall–Kier alpha value is -1.42. The zero-order chi connectivity index (χ0) is 9.97. The third-order valence-corrected chi connectivity index (χ3v) is 2.30. The zero-order valence-corrected chi connectivity index (χ0v) is 8.81. The van der Waals surface area contributed by atoms with Gasteiger partial charge in [0.15, 0.2) is 6.20 Å². The zero-order valence-electron chi connectivity index (χ0n) is 7.22. The van der Waals surface area contributed by atoms with Crippen LogP contribution in [0, 0.1) is 5.21 Å². The van der Waals surface area contributed by atoms with Gasteiger partial charge < -0.3 is 5.21 Å². The first kappa shape index (κ1) is 9.15. The Kier molecular flexibility index (Phi) is 2.45. The number of nitrogens with zero attached hydrogens (tertiary/aromatic N) is 2. The summed E-state index contributed by atoms with van der Waals surface area (Å²) < 4.78 is 1.66. The van der Waals surface area contributed by atoms with E-state index in [4.69, 9.17) is 0 Å². The molecule has 0 amide bonds. The van der Waals surface area contributed by atoms with Crippen molar-refractivity contribution >= 4 is 15.9 Å². The fourth-order valence-electron chi connectivity index (χ4n) is 1.16. The van der Waals surface area contributed by atoms with Crippen molar-refractivity contribution in [2.45, 2.75) is 0 Å². The molecule has 0 aliphatic carbocycles. The highest BCUT2D eigenvalue weighted by atomic mass is 79.9. The molecule has 2 aromatic heterocycles. The third kappa shape index (κ3) is 1.75. The standard InChI is InChI=1S/C10H7BrN2O/c11-8-4-6-13(14)10(7-8)9-3-1-2-5-12-9/h1-7H. The van der Waals surface area contributed by atoms with E-state index >= 15 is 0 Å². The summed E-state index contributed by atoms with van der Waals surface area (Å²) in [4.78, 5) is 4.11. The van der Waals surface area contributed by atoms with E-state index in [0.29, 0.717) is 11.4 Å². The van der Waals surface area contributed by atoms with Gasteiger partial charge in [0.2, 0.25) is 5.69 Å². The van der Waals surface area contributed by atoms with Crippen molar-refractivity contribution in [1.29, 1.82) is 0 Å². The van der Waals surface area contributed by atoms with Crippen molar-refractivity contribution in [2.24, 2.45) is 0 Å². The molecule has 0 aliphatic heterocycles. The van der Waals surface area contributed by atoms with Gasteiger partial charge in [0.05, 0.1) is 0 Å². The molecule has 2 aromatic rings. The molecule has 0 atom stereocenters. The molecule has 0 bridgehead atoms. The lowest BCUT2D eigenvalue weighted by molar-refractivity contribution is -0.593. The molecular formula is C10H7BrN2O. The number of halogens is 1. The van der Waals surface area contributed by atoms with Crippen molar-refractivity contribution in [3.63, 3.8) is 0 Å². The van der Waals surface area contributed by atoms with E-state index in [2.05, 4.69) is 20.9 Å². The monoisotopic (exact) mass is 250 g/mol. The SMILES string of the molecule is [O-][n+]1ccc(Br)cc1-c1ccccn1. The Balaban J connectivity index is 2.57. The minimum Gasteiger partial charge on any atom is -0.618 e. The van der Waals surface area contributed by atoms with Gasteiger partial charge in [-0.3, -0.25) is 0 Å². The highest BCUT2D eigenvalue weighted by molar-refractivity contribution is 9.10. The molecule has 3 nitrogen and oxygen atoms in total. The van der Waals surface area contributed by atoms with Crippen molar-refractivity contribution < 1.29 is 4.73 Å². The van der Waals surface area contributed by atoms with Crippen LogP contribution in [0.5, 0.6) is 0 Å². The van der Waals surface area contributed by atoms with Crippen molar-refractivity contribution in [2.75, 3.05) is 0 Å².